The Bertz CT molecular complexity index is 1380. The van der Waals surface area contributed by atoms with E-state index in [1.807, 2.05) is 43.5 Å². The monoisotopic (exact) mass is 442 g/mol. The highest BCUT2D eigenvalue weighted by Crippen LogP contribution is 2.36. The molecule has 0 fully saturated rings. The lowest BCUT2D eigenvalue weighted by Gasteiger charge is -2.10. The second-order valence-corrected chi connectivity index (χ2v) is 8.20. The second kappa shape index (κ2) is 7.87. The highest BCUT2D eigenvalue weighted by molar-refractivity contribution is 7.14. The molecule has 0 radical (unpaired) electrons. The van der Waals surface area contributed by atoms with Crippen LogP contribution in [0, 0.1) is 25.2 Å². The van der Waals surface area contributed by atoms with E-state index in [-0.39, 0.29) is 12.7 Å². The van der Waals surface area contributed by atoms with Crippen molar-refractivity contribution in [3.8, 4) is 34.5 Å². The number of nitrogens with one attached hydrogen (secondary N) is 1. The zero-order valence-corrected chi connectivity index (χ0v) is 18.2. The summed E-state index contributed by atoms with van der Waals surface area (Å²) in [5.41, 5.74) is 5.86. The van der Waals surface area contributed by atoms with Crippen LogP contribution in [0.3, 0.4) is 0 Å². The lowest BCUT2D eigenvalue weighted by Crippen LogP contribution is -2.11. The van der Waals surface area contributed by atoms with Gasteiger partial charge in [0, 0.05) is 39.6 Å². The van der Waals surface area contributed by atoms with E-state index in [9.17, 15) is 4.79 Å². The lowest BCUT2D eigenvalue weighted by atomic mass is 10.1. The predicted molar refractivity (Wildman–Crippen MR) is 122 cm³/mol. The molecule has 1 aliphatic heterocycles. The van der Waals surface area contributed by atoms with Crippen molar-refractivity contribution in [1.82, 2.24) is 9.55 Å². The molecule has 32 heavy (non-hydrogen) atoms. The third kappa shape index (κ3) is 3.49. The fraction of sp³-hybridized carbons (Fsp3) is 0.125. The molecule has 8 heteroatoms. The van der Waals surface area contributed by atoms with Gasteiger partial charge in [0.2, 0.25) is 6.79 Å². The van der Waals surface area contributed by atoms with Crippen molar-refractivity contribution < 1.29 is 14.3 Å². The Hall–Kier alpha value is -4.09. The summed E-state index contributed by atoms with van der Waals surface area (Å²) in [7, 11) is 0. The number of fused-ring (bicyclic) bond motifs is 1. The normalized spacial score (nSPS) is 11.9. The Morgan fingerprint density at radius 1 is 1.12 bits per heavy atom. The van der Waals surface area contributed by atoms with Crippen LogP contribution in [0.2, 0.25) is 0 Å². The maximum atomic E-state index is 12.5. The first-order chi connectivity index (χ1) is 15.5. The first kappa shape index (κ1) is 19.8. The number of rotatable bonds is 4. The topological polar surface area (TPSA) is 89.2 Å². The molecule has 2 aromatic heterocycles. The molecule has 158 valence electrons. The first-order valence-electron chi connectivity index (χ1n) is 9.90. The molecule has 0 saturated carbocycles. The highest BCUT2D eigenvalue weighted by Gasteiger charge is 2.19. The summed E-state index contributed by atoms with van der Waals surface area (Å²) in [6.07, 6.45) is 0. The van der Waals surface area contributed by atoms with Crippen LogP contribution in [0.5, 0.6) is 11.5 Å². The van der Waals surface area contributed by atoms with Crippen molar-refractivity contribution in [3.05, 3.63) is 76.4 Å². The van der Waals surface area contributed by atoms with Crippen LogP contribution in [0.1, 0.15) is 27.3 Å². The SMILES string of the molecule is Cc1cc(-c2csc(NC(=O)c3ccc(C#N)cc3)n2)c(C)n1-c1ccc2c(c1)OCO2. The number of nitrogens with zero attached hydrogens (tertiary/aromatic N) is 3. The maximum Gasteiger partial charge on any atom is 0.257 e. The number of thiazole rings is 1. The van der Waals surface area contributed by atoms with Gasteiger partial charge >= 0.3 is 0 Å². The van der Waals surface area contributed by atoms with Crippen molar-refractivity contribution in [1.29, 1.82) is 5.26 Å². The smallest absolute Gasteiger partial charge is 0.257 e. The van der Waals surface area contributed by atoms with Crippen LogP contribution in [0.15, 0.2) is 53.9 Å². The molecule has 2 aromatic carbocycles. The molecule has 0 saturated heterocycles. The van der Waals surface area contributed by atoms with Gasteiger partial charge in [-0.25, -0.2) is 4.98 Å². The van der Waals surface area contributed by atoms with E-state index in [0.29, 0.717) is 16.3 Å². The van der Waals surface area contributed by atoms with Crippen LogP contribution >= 0.6 is 11.3 Å². The molecule has 0 atom stereocenters. The maximum absolute atomic E-state index is 12.5. The van der Waals surface area contributed by atoms with Gasteiger partial charge in [-0.2, -0.15) is 5.26 Å². The predicted octanol–water partition coefficient (Wildman–Crippen LogP) is 5.07. The van der Waals surface area contributed by atoms with Crippen LogP contribution < -0.4 is 14.8 Å². The summed E-state index contributed by atoms with van der Waals surface area (Å²) in [5.74, 6) is 1.22. The van der Waals surface area contributed by atoms with E-state index in [2.05, 4.69) is 20.9 Å². The Kier molecular flexibility index (Phi) is 4.88. The minimum Gasteiger partial charge on any atom is -0.454 e. The van der Waals surface area contributed by atoms with Gasteiger partial charge in [-0.1, -0.05) is 0 Å². The minimum absolute atomic E-state index is 0.240. The molecule has 1 N–H and O–H groups in total. The number of hydrogen-bond donors (Lipinski definition) is 1. The van der Waals surface area contributed by atoms with E-state index < -0.39 is 0 Å². The summed E-state index contributed by atoms with van der Waals surface area (Å²) < 4.78 is 13.1. The third-order valence-electron chi connectivity index (χ3n) is 5.32. The fourth-order valence-corrected chi connectivity index (χ4v) is 4.47. The Morgan fingerprint density at radius 2 is 1.91 bits per heavy atom. The molecular formula is C24H18N4O3S. The van der Waals surface area contributed by atoms with Crippen molar-refractivity contribution >= 4 is 22.4 Å². The lowest BCUT2D eigenvalue weighted by molar-refractivity contribution is 0.102. The molecule has 1 amide bonds. The van der Waals surface area contributed by atoms with Crippen molar-refractivity contribution in [3.63, 3.8) is 0 Å². The third-order valence-corrected chi connectivity index (χ3v) is 6.08. The number of aromatic nitrogens is 2. The van der Waals surface area contributed by atoms with Gasteiger partial charge in [-0.3, -0.25) is 10.1 Å². The highest BCUT2D eigenvalue weighted by atomic mass is 32.1. The van der Waals surface area contributed by atoms with Gasteiger partial charge < -0.3 is 14.0 Å². The molecular weight excluding hydrogens is 424 g/mol. The van der Waals surface area contributed by atoms with E-state index >= 15 is 0 Å². The number of nitriles is 1. The summed E-state index contributed by atoms with van der Waals surface area (Å²) in [4.78, 5) is 17.1. The number of anilines is 1. The Labute approximate surface area is 188 Å². The van der Waals surface area contributed by atoms with E-state index in [4.69, 9.17) is 14.7 Å². The van der Waals surface area contributed by atoms with Gasteiger partial charge in [-0.05, 0) is 56.3 Å². The first-order valence-corrected chi connectivity index (χ1v) is 10.8. The number of aryl methyl sites for hydroxylation is 1. The summed E-state index contributed by atoms with van der Waals surface area (Å²) in [6.45, 7) is 4.33. The Morgan fingerprint density at radius 3 is 2.69 bits per heavy atom. The minimum atomic E-state index is -0.263. The molecule has 0 aliphatic carbocycles. The van der Waals surface area contributed by atoms with Gasteiger partial charge in [-0.15, -0.1) is 11.3 Å². The average molecular weight is 443 g/mol. The largest absolute Gasteiger partial charge is 0.454 e. The number of benzene rings is 2. The van der Waals surface area contributed by atoms with E-state index in [0.717, 1.165) is 39.8 Å². The van der Waals surface area contributed by atoms with Gasteiger partial charge in [0.05, 0.1) is 17.3 Å². The summed E-state index contributed by atoms with van der Waals surface area (Å²) in [6, 6.07) is 16.5. The standard InChI is InChI=1S/C24H18N4O3S/c1-14-9-19(15(2)28(14)18-7-8-21-22(10-18)31-13-30-21)20-12-32-24(26-20)27-23(29)17-5-3-16(11-25)4-6-17/h3-10,12H,13H2,1-2H3,(H,26,27,29). The molecule has 4 aromatic rings. The van der Waals surface area contributed by atoms with E-state index in [1.54, 1.807) is 24.3 Å². The molecule has 1 aliphatic rings. The molecule has 0 bridgehead atoms. The van der Waals surface area contributed by atoms with Crippen molar-refractivity contribution in [2.24, 2.45) is 0 Å². The van der Waals surface area contributed by atoms with Gasteiger partial charge in [0.15, 0.2) is 16.6 Å². The number of carbonyl (C=O) groups is 1. The fourth-order valence-electron chi connectivity index (χ4n) is 3.76. The number of hydrogen-bond acceptors (Lipinski definition) is 6. The van der Waals surface area contributed by atoms with Crippen molar-refractivity contribution in [2.45, 2.75) is 13.8 Å². The summed E-state index contributed by atoms with van der Waals surface area (Å²) in [5, 5.41) is 14.2. The molecule has 3 heterocycles. The average Bonchev–Trinajstić information content (AvgIpc) is 3.52. The molecule has 5 rings (SSSR count). The Balaban J connectivity index is 1.40. The molecule has 0 unspecified atom stereocenters. The zero-order chi connectivity index (χ0) is 22.2. The number of carbonyl (C=O) groups excluding carboxylic acids is 1. The second-order valence-electron chi connectivity index (χ2n) is 7.34. The van der Waals surface area contributed by atoms with Gasteiger partial charge in [0.1, 0.15) is 0 Å². The quantitative estimate of drug-likeness (QED) is 0.477. The summed E-state index contributed by atoms with van der Waals surface area (Å²) >= 11 is 1.37. The van der Waals surface area contributed by atoms with Crippen LogP contribution in [0.25, 0.3) is 16.9 Å². The molecule has 7 nitrogen and oxygen atoms in total. The van der Waals surface area contributed by atoms with Crippen LogP contribution in [-0.2, 0) is 0 Å². The zero-order valence-electron chi connectivity index (χ0n) is 17.4. The number of ether oxygens (including phenoxy) is 2. The van der Waals surface area contributed by atoms with Crippen LogP contribution in [-0.4, -0.2) is 22.3 Å². The molecule has 0 spiro atoms. The van der Waals surface area contributed by atoms with E-state index in [1.165, 1.54) is 11.3 Å². The van der Waals surface area contributed by atoms with Crippen molar-refractivity contribution in [2.75, 3.05) is 12.1 Å². The van der Waals surface area contributed by atoms with Crippen LogP contribution in [0.4, 0.5) is 5.13 Å². The van der Waals surface area contributed by atoms with Gasteiger partial charge in [0.25, 0.3) is 5.91 Å². The number of amides is 1.